The van der Waals surface area contributed by atoms with Gasteiger partial charge in [-0.1, -0.05) is 27.7 Å². The number of halogens is 2. The first-order chi connectivity index (χ1) is 10.5. The minimum atomic E-state index is 0. The third-order valence-corrected chi connectivity index (χ3v) is 5.87. The Hall–Kier alpha value is -0.0300. The van der Waals surface area contributed by atoms with Crippen molar-refractivity contribution in [1.82, 2.24) is 10.2 Å². The zero-order valence-electron chi connectivity index (χ0n) is 15.7. The van der Waals surface area contributed by atoms with Gasteiger partial charge in [-0.05, 0) is 56.5 Å². The number of hydrogen-bond donors (Lipinski definition) is 2. The summed E-state index contributed by atoms with van der Waals surface area (Å²) in [5.74, 6) is 2.05. The van der Waals surface area contributed by atoms with E-state index in [-0.39, 0.29) is 42.7 Å². The van der Waals surface area contributed by atoms with Crippen molar-refractivity contribution >= 4 is 30.7 Å². The van der Waals surface area contributed by atoms with Crippen LogP contribution in [-0.4, -0.2) is 42.5 Å². The molecule has 5 atom stereocenters. The number of fused-ring (bicyclic) bond motifs is 2. The van der Waals surface area contributed by atoms with E-state index in [1.807, 2.05) is 0 Å². The van der Waals surface area contributed by atoms with Gasteiger partial charge >= 0.3 is 0 Å². The first kappa shape index (κ1) is 24.0. The average Bonchev–Trinajstić information content (AvgIpc) is 3.05. The molecule has 5 unspecified atom stereocenters. The summed E-state index contributed by atoms with van der Waals surface area (Å²) in [6.45, 7) is 11.7. The highest BCUT2D eigenvalue weighted by atomic mass is 35.5. The molecule has 0 radical (unpaired) electrons. The van der Waals surface area contributed by atoms with Gasteiger partial charge in [0.1, 0.15) is 0 Å². The molecule has 0 aliphatic heterocycles. The smallest absolute Gasteiger partial charge is 0.225 e. The van der Waals surface area contributed by atoms with Gasteiger partial charge in [-0.3, -0.25) is 9.69 Å². The van der Waals surface area contributed by atoms with Crippen LogP contribution in [0.2, 0.25) is 0 Å². The Kier molecular flexibility index (Phi) is 10.8. The minimum Gasteiger partial charge on any atom is -0.354 e. The highest BCUT2D eigenvalue weighted by Gasteiger charge is 2.49. The number of nitrogens with one attached hydrogen (secondary N) is 1. The summed E-state index contributed by atoms with van der Waals surface area (Å²) in [5, 5.41) is 3.23. The molecule has 24 heavy (non-hydrogen) atoms. The monoisotopic (exact) mass is 381 g/mol. The Morgan fingerprint density at radius 1 is 1.17 bits per heavy atom. The predicted molar refractivity (Wildman–Crippen MR) is 106 cm³/mol. The molecule has 2 rings (SSSR count). The zero-order valence-corrected chi connectivity index (χ0v) is 17.3. The number of amides is 1. The molecule has 0 saturated heterocycles. The van der Waals surface area contributed by atoms with Gasteiger partial charge in [-0.25, -0.2) is 0 Å². The number of nitrogens with zero attached hydrogens (tertiary/aromatic N) is 1. The molecule has 144 valence electrons. The van der Waals surface area contributed by atoms with Crippen LogP contribution in [-0.2, 0) is 4.79 Å². The third-order valence-electron chi connectivity index (χ3n) is 5.87. The van der Waals surface area contributed by atoms with E-state index in [2.05, 4.69) is 37.9 Å². The summed E-state index contributed by atoms with van der Waals surface area (Å²) in [6.07, 6.45) is 4.72. The SMILES string of the molecule is CCN(CC)C(CNC(=O)C1C2CCC(C2)C1N)CC(C)C.Cl.Cl. The van der Waals surface area contributed by atoms with Gasteiger partial charge in [0, 0.05) is 18.6 Å². The Labute approximate surface area is 160 Å². The van der Waals surface area contributed by atoms with Crippen LogP contribution in [0.1, 0.15) is 53.4 Å². The number of carbonyl (C=O) groups is 1. The number of carbonyl (C=O) groups excluding carboxylic acids is 1. The summed E-state index contributed by atoms with van der Waals surface area (Å²) in [6, 6.07) is 0.532. The third kappa shape index (κ3) is 5.48. The molecule has 2 fully saturated rings. The van der Waals surface area contributed by atoms with Crippen molar-refractivity contribution in [2.75, 3.05) is 19.6 Å². The number of nitrogens with two attached hydrogens (primary N) is 1. The standard InChI is InChI=1S/C18H35N3O.2ClH/c1-5-21(6-2)15(9-12(3)4)11-20-18(22)16-13-7-8-14(10-13)17(16)19;;/h12-17H,5-11,19H2,1-4H3,(H,20,22);2*1H. The molecule has 2 aliphatic carbocycles. The van der Waals surface area contributed by atoms with Crippen molar-refractivity contribution in [1.29, 1.82) is 0 Å². The second-order valence-electron chi connectivity index (χ2n) is 7.69. The lowest BCUT2D eigenvalue weighted by molar-refractivity contribution is -0.127. The molecular formula is C18H37Cl2N3O. The van der Waals surface area contributed by atoms with Crippen molar-refractivity contribution in [3.8, 4) is 0 Å². The second-order valence-corrected chi connectivity index (χ2v) is 7.69. The van der Waals surface area contributed by atoms with Crippen molar-refractivity contribution in [2.24, 2.45) is 29.4 Å². The van der Waals surface area contributed by atoms with E-state index in [0.717, 1.165) is 26.1 Å². The summed E-state index contributed by atoms with van der Waals surface area (Å²) in [7, 11) is 0. The summed E-state index contributed by atoms with van der Waals surface area (Å²) < 4.78 is 0. The van der Waals surface area contributed by atoms with E-state index >= 15 is 0 Å². The molecule has 4 nitrogen and oxygen atoms in total. The highest BCUT2D eigenvalue weighted by molar-refractivity contribution is 5.85. The number of likely N-dealkylation sites (N-methyl/N-ethyl adjacent to an activating group) is 1. The van der Waals surface area contributed by atoms with Crippen molar-refractivity contribution < 1.29 is 4.79 Å². The maximum atomic E-state index is 12.6. The van der Waals surface area contributed by atoms with E-state index in [9.17, 15) is 4.79 Å². The van der Waals surface area contributed by atoms with Crippen LogP contribution in [0.4, 0.5) is 0 Å². The van der Waals surface area contributed by atoms with Crippen molar-refractivity contribution in [3.63, 3.8) is 0 Å². The maximum Gasteiger partial charge on any atom is 0.225 e. The maximum absolute atomic E-state index is 12.6. The van der Waals surface area contributed by atoms with Crippen LogP contribution in [0.5, 0.6) is 0 Å². The van der Waals surface area contributed by atoms with E-state index in [0.29, 0.717) is 23.8 Å². The first-order valence-electron chi connectivity index (χ1n) is 9.25. The van der Waals surface area contributed by atoms with Gasteiger partial charge in [0.25, 0.3) is 0 Å². The number of rotatable bonds is 8. The second kappa shape index (κ2) is 10.8. The first-order valence-corrected chi connectivity index (χ1v) is 9.25. The van der Waals surface area contributed by atoms with Crippen LogP contribution in [0.25, 0.3) is 0 Å². The van der Waals surface area contributed by atoms with Gasteiger partial charge < -0.3 is 11.1 Å². The average molecular weight is 382 g/mol. The molecule has 2 aliphatic rings. The molecule has 0 aromatic heterocycles. The lowest BCUT2D eigenvalue weighted by atomic mass is 9.84. The summed E-state index contributed by atoms with van der Waals surface area (Å²) in [4.78, 5) is 15.1. The van der Waals surface area contributed by atoms with E-state index < -0.39 is 0 Å². The van der Waals surface area contributed by atoms with Gasteiger partial charge in [0.2, 0.25) is 5.91 Å². The van der Waals surface area contributed by atoms with E-state index in [1.165, 1.54) is 19.3 Å². The fraction of sp³-hybridized carbons (Fsp3) is 0.944. The van der Waals surface area contributed by atoms with Crippen molar-refractivity contribution in [3.05, 3.63) is 0 Å². The largest absolute Gasteiger partial charge is 0.354 e. The topological polar surface area (TPSA) is 58.4 Å². The van der Waals surface area contributed by atoms with Gasteiger partial charge in [-0.2, -0.15) is 0 Å². The van der Waals surface area contributed by atoms with Gasteiger partial charge in [-0.15, -0.1) is 24.8 Å². The molecule has 0 heterocycles. The molecule has 0 aromatic rings. The van der Waals surface area contributed by atoms with E-state index in [4.69, 9.17) is 5.73 Å². The molecule has 6 heteroatoms. The van der Waals surface area contributed by atoms with Crippen LogP contribution in [0, 0.1) is 23.7 Å². The van der Waals surface area contributed by atoms with Gasteiger partial charge in [0.15, 0.2) is 0 Å². The molecule has 3 N–H and O–H groups in total. The summed E-state index contributed by atoms with van der Waals surface area (Å²) >= 11 is 0. The normalized spacial score (nSPS) is 29.3. The zero-order chi connectivity index (χ0) is 16.3. The molecule has 0 aromatic carbocycles. The van der Waals surface area contributed by atoms with Crippen LogP contribution < -0.4 is 11.1 Å². The predicted octanol–water partition coefficient (Wildman–Crippen LogP) is 3.08. The molecule has 1 amide bonds. The molecule has 2 bridgehead atoms. The quantitative estimate of drug-likeness (QED) is 0.678. The Balaban J connectivity index is 0.00000264. The molecule has 2 saturated carbocycles. The Morgan fingerprint density at radius 2 is 1.75 bits per heavy atom. The minimum absolute atomic E-state index is 0. The fourth-order valence-electron chi connectivity index (χ4n) is 4.71. The van der Waals surface area contributed by atoms with E-state index in [1.54, 1.807) is 0 Å². The Morgan fingerprint density at radius 3 is 2.21 bits per heavy atom. The highest BCUT2D eigenvalue weighted by Crippen LogP contribution is 2.47. The molecular weight excluding hydrogens is 345 g/mol. The number of hydrogen-bond acceptors (Lipinski definition) is 3. The lowest BCUT2D eigenvalue weighted by Gasteiger charge is -2.33. The van der Waals surface area contributed by atoms with Crippen LogP contribution in [0.3, 0.4) is 0 Å². The van der Waals surface area contributed by atoms with Crippen molar-refractivity contribution in [2.45, 2.75) is 65.5 Å². The van der Waals surface area contributed by atoms with Gasteiger partial charge in [0.05, 0.1) is 5.92 Å². The van der Waals surface area contributed by atoms with Crippen LogP contribution >= 0.6 is 24.8 Å². The van der Waals surface area contributed by atoms with Crippen LogP contribution in [0.15, 0.2) is 0 Å². The lowest BCUT2D eigenvalue weighted by Crippen LogP contribution is -2.49. The fourth-order valence-corrected chi connectivity index (χ4v) is 4.71. The summed E-state index contributed by atoms with van der Waals surface area (Å²) in [5.41, 5.74) is 6.29. The molecule has 0 spiro atoms. The Bertz CT molecular complexity index is 375.